The van der Waals surface area contributed by atoms with Crippen LogP contribution in [0.5, 0.6) is 11.5 Å². The van der Waals surface area contributed by atoms with Gasteiger partial charge in [-0.2, -0.15) is 0 Å². The molecule has 40 heavy (non-hydrogen) atoms. The predicted molar refractivity (Wildman–Crippen MR) is 164 cm³/mol. The zero-order valence-electron chi connectivity index (χ0n) is 22.4. The van der Waals surface area contributed by atoms with E-state index in [9.17, 15) is 9.59 Å². The molecule has 3 heterocycles. The number of thioether (sulfide) groups is 1. The second-order valence-electron chi connectivity index (χ2n) is 9.15. The van der Waals surface area contributed by atoms with Crippen LogP contribution in [0, 0.1) is 6.92 Å². The number of aryl methyl sites for hydroxylation is 2. The Kier molecular flexibility index (Phi) is 8.88. The van der Waals surface area contributed by atoms with E-state index >= 15 is 0 Å². The fourth-order valence-corrected chi connectivity index (χ4v) is 6.95. The molecule has 10 heteroatoms. The highest BCUT2D eigenvalue weighted by molar-refractivity contribution is 7.99. The second-order valence-corrected chi connectivity index (χ2v) is 11.9. The van der Waals surface area contributed by atoms with Crippen LogP contribution in [0.25, 0.3) is 20.7 Å². The molecule has 0 saturated carbocycles. The van der Waals surface area contributed by atoms with Gasteiger partial charge in [-0.15, -0.1) is 22.7 Å². The van der Waals surface area contributed by atoms with Crippen molar-refractivity contribution < 1.29 is 14.3 Å². The molecule has 206 valence electrons. The Morgan fingerprint density at radius 2 is 1.80 bits per heavy atom. The number of carbonyl (C=O) groups excluding carboxylic acids is 1. The number of benzene rings is 2. The highest BCUT2D eigenvalue weighted by atomic mass is 32.2. The highest BCUT2D eigenvalue weighted by Crippen LogP contribution is 2.35. The van der Waals surface area contributed by atoms with Gasteiger partial charge >= 0.3 is 0 Å². The Morgan fingerprint density at radius 1 is 1.02 bits per heavy atom. The number of methoxy groups -OCH3 is 2. The quantitative estimate of drug-likeness (QED) is 0.146. The molecule has 0 radical (unpaired) electrons. The van der Waals surface area contributed by atoms with Crippen molar-refractivity contribution in [3.05, 3.63) is 92.4 Å². The monoisotopic (exact) mass is 591 g/mol. The lowest BCUT2D eigenvalue weighted by molar-refractivity contribution is -0.118. The normalized spacial score (nSPS) is 11.1. The van der Waals surface area contributed by atoms with E-state index in [0.717, 1.165) is 21.6 Å². The number of amides is 1. The number of carbonyl (C=O) groups is 1. The molecular formula is C30H29N3O4S3. The van der Waals surface area contributed by atoms with Gasteiger partial charge in [0.25, 0.3) is 5.56 Å². The molecule has 0 atom stereocenters. The average molecular weight is 592 g/mol. The molecule has 0 aliphatic rings. The van der Waals surface area contributed by atoms with E-state index in [0.29, 0.717) is 46.4 Å². The highest BCUT2D eigenvalue weighted by Gasteiger charge is 2.19. The lowest BCUT2D eigenvalue weighted by Crippen LogP contribution is -2.27. The van der Waals surface area contributed by atoms with Crippen molar-refractivity contribution in [2.45, 2.75) is 31.6 Å². The van der Waals surface area contributed by atoms with Gasteiger partial charge in [0.05, 0.1) is 25.4 Å². The molecule has 0 bridgehead atoms. The maximum atomic E-state index is 13.9. The van der Waals surface area contributed by atoms with Crippen LogP contribution >= 0.6 is 34.4 Å². The van der Waals surface area contributed by atoms with Gasteiger partial charge in [-0.3, -0.25) is 14.2 Å². The van der Waals surface area contributed by atoms with Gasteiger partial charge in [-0.1, -0.05) is 53.7 Å². The third-order valence-electron chi connectivity index (χ3n) is 6.46. The van der Waals surface area contributed by atoms with Gasteiger partial charge in [0.2, 0.25) is 5.91 Å². The zero-order valence-corrected chi connectivity index (χ0v) is 24.9. The van der Waals surface area contributed by atoms with Gasteiger partial charge in [-0.25, -0.2) is 4.98 Å². The Hall–Kier alpha value is -3.60. The van der Waals surface area contributed by atoms with Crippen LogP contribution in [0.1, 0.15) is 16.7 Å². The fraction of sp³-hybridized carbons (Fsp3) is 0.233. The van der Waals surface area contributed by atoms with Crippen molar-refractivity contribution >= 4 is 50.6 Å². The molecule has 3 aromatic heterocycles. The third-order valence-corrected chi connectivity index (χ3v) is 9.21. The maximum Gasteiger partial charge on any atom is 0.263 e. The van der Waals surface area contributed by atoms with E-state index in [2.05, 4.69) is 5.32 Å². The molecule has 1 amide bonds. The molecule has 0 aliphatic heterocycles. The van der Waals surface area contributed by atoms with Crippen molar-refractivity contribution in [1.29, 1.82) is 0 Å². The molecule has 0 fully saturated rings. The summed E-state index contributed by atoms with van der Waals surface area (Å²) in [6.07, 6.45) is 0.582. The molecule has 0 spiro atoms. The Bertz CT molecular complexity index is 1680. The van der Waals surface area contributed by atoms with Crippen LogP contribution in [0.15, 0.2) is 75.3 Å². The summed E-state index contributed by atoms with van der Waals surface area (Å²) in [5, 5.41) is 8.11. The number of hydrogen-bond acceptors (Lipinski definition) is 8. The maximum absolute atomic E-state index is 13.9. The van der Waals surface area contributed by atoms with E-state index in [1.807, 2.05) is 72.3 Å². The summed E-state index contributed by atoms with van der Waals surface area (Å²) in [5.41, 5.74) is 4.02. The molecule has 0 saturated heterocycles. The Morgan fingerprint density at radius 3 is 2.52 bits per heavy atom. The van der Waals surface area contributed by atoms with Gasteiger partial charge in [0.1, 0.15) is 4.83 Å². The number of aromatic nitrogens is 2. The topological polar surface area (TPSA) is 82.5 Å². The van der Waals surface area contributed by atoms with E-state index < -0.39 is 0 Å². The lowest BCUT2D eigenvalue weighted by Gasteiger charge is -2.14. The van der Waals surface area contributed by atoms with Crippen molar-refractivity contribution in [1.82, 2.24) is 14.9 Å². The molecule has 0 aliphatic carbocycles. The van der Waals surface area contributed by atoms with Crippen LogP contribution in [0.4, 0.5) is 0 Å². The van der Waals surface area contributed by atoms with Gasteiger partial charge in [0, 0.05) is 28.9 Å². The standard InChI is InChI=1S/C30H29N3O4S3/c1-19-6-8-21(9-7-19)16-31-26(34)18-40-30-32-28-27(22(17-39-28)25-5-4-14-38-25)29(35)33(30)13-12-20-10-11-23(36-2)24(15-20)37-3/h4-11,14-15,17H,12-13,16,18H2,1-3H3,(H,31,34). The summed E-state index contributed by atoms with van der Waals surface area (Å²) >= 11 is 4.33. The average Bonchev–Trinajstić information content (AvgIpc) is 3.65. The van der Waals surface area contributed by atoms with Crippen molar-refractivity contribution in [3.8, 4) is 21.9 Å². The largest absolute Gasteiger partial charge is 0.493 e. The van der Waals surface area contributed by atoms with Crippen LogP contribution in [-0.2, 0) is 24.3 Å². The van der Waals surface area contributed by atoms with E-state index in [1.54, 1.807) is 30.1 Å². The first-order valence-corrected chi connectivity index (χ1v) is 15.4. The fourth-order valence-electron chi connectivity index (χ4n) is 4.29. The first-order chi connectivity index (χ1) is 19.5. The molecule has 5 rings (SSSR count). The summed E-state index contributed by atoms with van der Waals surface area (Å²) in [6, 6.07) is 17.8. The summed E-state index contributed by atoms with van der Waals surface area (Å²) < 4.78 is 12.5. The summed E-state index contributed by atoms with van der Waals surface area (Å²) in [6.45, 7) is 2.89. The van der Waals surface area contributed by atoms with Crippen LogP contribution in [0.3, 0.4) is 0 Å². The number of ether oxygens (including phenoxy) is 2. The SMILES string of the molecule is COc1ccc(CCn2c(SCC(=O)NCc3ccc(C)cc3)nc3scc(-c4cccs4)c3c2=O)cc1OC. The second kappa shape index (κ2) is 12.7. The predicted octanol–water partition coefficient (Wildman–Crippen LogP) is 6.16. The van der Waals surface area contributed by atoms with Crippen molar-refractivity contribution in [3.63, 3.8) is 0 Å². The smallest absolute Gasteiger partial charge is 0.263 e. The van der Waals surface area contributed by atoms with Gasteiger partial charge < -0.3 is 14.8 Å². The van der Waals surface area contributed by atoms with Gasteiger partial charge in [0.15, 0.2) is 16.7 Å². The number of nitrogens with one attached hydrogen (secondary N) is 1. The molecule has 5 aromatic rings. The van der Waals surface area contributed by atoms with Crippen LogP contribution < -0.4 is 20.3 Å². The Labute approximate surface area is 244 Å². The first kappa shape index (κ1) is 27.9. The number of fused-ring (bicyclic) bond motifs is 1. The number of thiophene rings is 2. The molecule has 1 N–H and O–H groups in total. The number of nitrogens with zero attached hydrogens (tertiary/aromatic N) is 2. The number of rotatable bonds is 11. The summed E-state index contributed by atoms with van der Waals surface area (Å²) in [4.78, 5) is 33.2. The first-order valence-electron chi connectivity index (χ1n) is 12.7. The minimum absolute atomic E-state index is 0.0994. The van der Waals surface area contributed by atoms with E-state index in [-0.39, 0.29) is 17.2 Å². The zero-order chi connectivity index (χ0) is 28.1. The third kappa shape index (κ3) is 6.24. The molecule has 2 aromatic carbocycles. The van der Waals surface area contributed by atoms with Crippen LogP contribution in [-0.4, -0.2) is 35.4 Å². The molecule has 7 nitrogen and oxygen atoms in total. The van der Waals surface area contributed by atoms with E-state index in [4.69, 9.17) is 14.5 Å². The number of hydrogen-bond donors (Lipinski definition) is 1. The Balaban J connectivity index is 1.40. The van der Waals surface area contributed by atoms with E-state index in [1.165, 1.54) is 28.7 Å². The minimum atomic E-state index is -0.114. The van der Waals surface area contributed by atoms with Crippen molar-refractivity contribution in [2.75, 3.05) is 20.0 Å². The minimum Gasteiger partial charge on any atom is -0.493 e. The van der Waals surface area contributed by atoms with Crippen molar-refractivity contribution in [2.24, 2.45) is 0 Å². The summed E-state index contributed by atoms with van der Waals surface area (Å²) in [7, 11) is 3.20. The molecular weight excluding hydrogens is 563 g/mol. The molecule has 0 unspecified atom stereocenters. The van der Waals surface area contributed by atoms with Gasteiger partial charge in [-0.05, 0) is 48.1 Å². The van der Waals surface area contributed by atoms with Crippen LogP contribution in [0.2, 0.25) is 0 Å². The summed E-state index contributed by atoms with van der Waals surface area (Å²) in [5.74, 6) is 1.33. The lowest BCUT2D eigenvalue weighted by atomic mass is 10.1.